The van der Waals surface area contributed by atoms with Gasteiger partial charge in [0.05, 0.1) is 4.47 Å². The molecule has 2 aromatic rings. The molecule has 0 spiro atoms. The second-order valence-corrected chi connectivity index (χ2v) is 7.62. The second kappa shape index (κ2) is 7.31. The summed E-state index contributed by atoms with van der Waals surface area (Å²) in [6.07, 6.45) is 3.56. The number of hydrogen-bond acceptors (Lipinski definition) is 6. The molecule has 2 heterocycles. The lowest BCUT2D eigenvalue weighted by molar-refractivity contribution is -0.117. The summed E-state index contributed by atoms with van der Waals surface area (Å²) < 4.78 is 6.38. The summed E-state index contributed by atoms with van der Waals surface area (Å²) in [6.45, 7) is 2.03. The Bertz CT molecular complexity index is 769. The minimum Gasteiger partial charge on any atom is -0.424 e. The number of anilines is 1. The molecule has 6 nitrogen and oxygen atoms in total. The molecule has 1 aromatic carbocycles. The number of halogens is 1. The van der Waals surface area contributed by atoms with Crippen LogP contribution in [0, 0.1) is 0 Å². The minimum absolute atomic E-state index is 0.00520. The van der Waals surface area contributed by atoms with Crippen LogP contribution in [0.5, 0.6) is 11.8 Å². The molecule has 8 heteroatoms. The molecule has 0 bridgehead atoms. The first-order valence-corrected chi connectivity index (χ1v) is 8.91. The van der Waals surface area contributed by atoms with Gasteiger partial charge >= 0.3 is 6.01 Å². The Hall–Kier alpha value is -1.93. The van der Waals surface area contributed by atoms with Crippen LogP contribution in [0.2, 0.25) is 0 Å². The van der Waals surface area contributed by atoms with Crippen LogP contribution >= 0.6 is 27.7 Å². The van der Waals surface area contributed by atoms with Crippen molar-refractivity contribution in [2.75, 3.05) is 11.4 Å². The molecule has 24 heavy (non-hydrogen) atoms. The van der Waals surface area contributed by atoms with Crippen LogP contribution in [0.1, 0.15) is 13.3 Å². The Labute approximate surface area is 151 Å². The van der Waals surface area contributed by atoms with Gasteiger partial charge in [0.15, 0.2) is 5.12 Å². The van der Waals surface area contributed by atoms with Gasteiger partial charge in [-0.3, -0.25) is 9.59 Å². The fourth-order valence-corrected chi connectivity index (χ4v) is 3.54. The van der Waals surface area contributed by atoms with Crippen LogP contribution in [0.4, 0.5) is 5.69 Å². The fourth-order valence-electron chi connectivity index (χ4n) is 2.41. The van der Waals surface area contributed by atoms with Crippen molar-refractivity contribution in [1.29, 1.82) is 0 Å². The van der Waals surface area contributed by atoms with Crippen molar-refractivity contribution in [3.05, 3.63) is 41.1 Å². The first-order chi connectivity index (χ1) is 11.5. The smallest absolute Gasteiger partial charge is 0.321 e. The van der Waals surface area contributed by atoms with E-state index in [0.717, 1.165) is 10.2 Å². The van der Waals surface area contributed by atoms with E-state index in [9.17, 15) is 9.59 Å². The first kappa shape index (κ1) is 16.9. The largest absolute Gasteiger partial charge is 0.424 e. The van der Waals surface area contributed by atoms with Gasteiger partial charge in [-0.2, -0.15) is 0 Å². The monoisotopic (exact) mass is 407 g/mol. The third-order valence-electron chi connectivity index (χ3n) is 3.36. The number of amides is 1. The predicted molar refractivity (Wildman–Crippen MR) is 95.3 cm³/mol. The number of hydrogen-bond donors (Lipinski definition) is 0. The Morgan fingerprint density at radius 2 is 2.12 bits per heavy atom. The van der Waals surface area contributed by atoms with Gasteiger partial charge in [0, 0.05) is 49.3 Å². The molecule has 0 radical (unpaired) electrons. The molecule has 1 atom stereocenters. The van der Waals surface area contributed by atoms with Crippen molar-refractivity contribution < 1.29 is 14.3 Å². The maximum atomic E-state index is 12.2. The van der Waals surface area contributed by atoms with Crippen LogP contribution < -0.4 is 9.64 Å². The van der Waals surface area contributed by atoms with Crippen molar-refractivity contribution in [3.63, 3.8) is 0 Å². The lowest BCUT2D eigenvalue weighted by atomic mass is 10.3. The number of ether oxygens (including phenoxy) is 1. The average Bonchev–Trinajstić information content (AvgIpc) is 2.89. The van der Waals surface area contributed by atoms with E-state index >= 15 is 0 Å². The summed E-state index contributed by atoms with van der Waals surface area (Å²) in [6, 6.07) is 7.42. The summed E-state index contributed by atoms with van der Waals surface area (Å²) in [5, 5.41) is 0.0218. The summed E-state index contributed by atoms with van der Waals surface area (Å²) >= 11 is 4.48. The summed E-state index contributed by atoms with van der Waals surface area (Å²) in [5.74, 6) is 0.552. The van der Waals surface area contributed by atoms with Gasteiger partial charge in [-0.15, -0.1) is 0 Å². The molecule has 3 rings (SSSR count). The minimum atomic E-state index is -0.00520. The van der Waals surface area contributed by atoms with E-state index in [4.69, 9.17) is 4.74 Å². The number of thioether (sulfide) groups is 1. The van der Waals surface area contributed by atoms with Crippen LogP contribution in [0.25, 0.3) is 0 Å². The Morgan fingerprint density at radius 1 is 1.38 bits per heavy atom. The van der Waals surface area contributed by atoms with E-state index in [1.165, 1.54) is 18.7 Å². The molecular formula is C16H14BrN3O3S. The first-order valence-electron chi connectivity index (χ1n) is 7.24. The SMILES string of the molecule is CC(=O)SC1CC(=O)N(c2cccc(Oc3ncc(Br)cn3)c2)C1. The Kier molecular flexibility index (Phi) is 5.15. The van der Waals surface area contributed by atoms with E-state index < -0.39 is 0 Å². The predicted octanol–water partition coefficient (Wildman–Crippen LogP) is 3.42. The van der Waals surface area contributed by atoms with E-state index in [2.05, 4.69) is 25.9 Å². The number of nitrogens with zero attached hydrogens (tertiary/aromatic N) is 3. The molecule has 124 valence electrons. The molecule has 0 aliphatic carbocycles. The third kappa shape index (κ3) is 4.12. The zero-order valence-corrected chi connectivity index (χ0v) is 15.2. The molecule has 1 fully saturated rings. The molecule has 1 unspecified atom stereocenters. The number of carbonyl (C=O) groups is 2. The molecular weight excluding hydrogens is 394 g/mol. The normalized spacial score (nSPS) is 17.2. The highest BCUT2D eigenvalue weighted by atomic mass is 79.9. The molecule has 1 aliphatic heterocycles. The van der Waals surface area contributed by atoms with Crippen LogP contribution in [-0.2, 0) is 9.59 Å². The molecule has 1 aromatic heterocycles. The summed E-state index contributed by atoms with van der Waals surface area (Å²) in [5.41, 5.74) is 0.737. The van der Waals surface area contributed by atoms with Crippen LogP contribution in [-0.4, -0.2) is 32.8 Å². The van der Waals surface area contributed by atoms with E-state index in [0.29, 0.717) is 18.7 Å². The fraction of sp³-hybridized carbons (Fsp3) is 0.250. The number of aromatic nitrogens is 2. The van der Waals surface area contributed by atoms with Gasteiger partial charge in [0.25, 0.3) is 0 Å². The van der Waals surface area contributed by atoms with Gasteiger partial charge in [-0.25, -0.2) is 9.97 Å². The zero-order chi connectivity index (χ0) is 17.1. The van der Waals surface area contributed by atoms with Crippen molar-refractivity contribution in [3.8, 4) is 11.8 Å². The van der Waals surface area contributed by atoms with E-state index in [1.54, 1.807) is 29.4 Å². The topological polar surface area (TPSA) is 72.4 Å². The quantitative estimate of drug-likeness (QED) is 0.772. The van der Waals surface area contributed by atoms with E-state index in [-0.39, 0.29) is 22.3 Å². The summed E-state index contributed by atoms with van der Waals surface area (Å²) in [4.78, 5) is 33.2. The van der Waals surface area contributed by atoms with Crippen LogP contribution in [0.3, 0.4) is 0 Å². The van der Waals surface area contributed by atoms with Gasteiger partial charge < -0.3 is 9.64 Å². The molecule has 1 amide bonds. The van der Waals surface area contributed by atoms with Crippen molar-refractivity contribution >= 4 is 44.4 Å². The van der Waals surface area contributed by atoms with Crippen molar-refractivity contribution in [2.24, 2.45) is 0 Å². The second-order valence-electron chi connectivity index (χ2n) is 5.22. The number of rotatable bonds is 4. The molecule has 1 aliphatic rings. The highest BCUT2D eigenvalue weighted by molar-refractivity contribution is 9.10. The Morgan fingerprint density at radius 3 is 2.83 bits per heavy atom. The Balaban J connectivity index is 1.74. The maximum Gasteiger partial charge on any atom is 0.321 e. The average molecular weight is 408 g/mol. The van der Waals surface area contributed by atoms with Crippen molar-refractivity contribution in [1.82, 2.24) is 9.97 Å². The zero-order valence-electron chi connectivity index (χ0n) is 12.8. The third-order valence-corrected chi connectivity index (χ3v) is 4.75. The van der Waals surface area contributed by atoms with Gasteiger partial charge in [0.1, 0.15) is 5.75 Å². The molecule has 0 N–H and O–H groups in total. The number of benzene rings is 1. The standard InChI is InChI=1S/C16H14BrN3O3S/c1-10(21)24-14-6-15(22)20(9-14)12-3-2-4-13(5-12)23-16-18-7-11(17)8-19-16/h2-5,7-8,14H,6,9H2,1H3. The van der Waals surface area contributed by atoms with Gasteiger partial charge in [-0.05, 0) is 28.1 Å². The molecule has 0 saturated carbocycles. The highest BCUT2D eigenvalue weighted by Crippen LogP contribution is 2.31. The molecule has 1 saturated heterocycles. The van der Waals surface area contributed by atoms with Crippen LogP contribution in [0.15, 0.2) is 41.1 Å². The summed E-state index contributed by atoms with van der Waals surface area (Å²) in [7, 11) is 0. The highest BCUT2D eigenvalue weighted by Gasteiger charge is 2.32. The lowest BCUT2D eigenvalue weighted by Gasteiger charge is -2.17. The van der Waals surface area contributed by atoms with Gasteiger partial charge in [0.2, 0.25) is 5.91 Å². The van der Waals surface area contributed by atoms with E-state index in [1.807, 2.05) is 12.1 Å². The number of carbonyl (C=O) groups excluding carboxylic acids is 2. The van der Waals surface area contributed by atoms with Crippen molar-refractivity contribution in [2.45, 2.75) is 18.6 Å². The maximum absolute atomic E-state index is 12.2. The lowest BCUT2D eigenvalue weighted by Crippen LogP contribution is -2.24. The van der Waals surface area contributed by atoms with Gasteiger partial charge in [-0.1, -0.05) is 17.8 Å².